The van der Waals surface area contributed by atoms with E-state index < -0.39 is 12.3 Å². The van der Waals surface area contributed by atoms with Crippen LogP contribution in [0.1, 0.15) is 84.0 Å². The Hall–Kier alpha value is -1.19. The normalized spacial score (nSPS) is 13.0. The van der Waals surface area contributed by atoms with Crippen LogP contribution >= 0.6 is 0 Å². The summed E-state index contributed by atoms with van der Waals surface area (Å²) in [7, 11) is 0. The quantitative estimate of drug-likeness (QED) is 0.310. The highest BCUT2D eigenvalue weighted by Gasteiger charge is 2.41. The Balaban J connectivity index is 2.11. The fourth-order valence-electron chi connectivity index (χ4n) is 2.95. The van der Waals surface area contributed by atoms with Crippen LogP contribution in [0.4, 0.5) is 13.2 Å². The van der Waals surface area contributed by atoms with Gasteiger partial charge in [-0.3, -0.25) is 0 Å². The fourth-order valence-corrected chi connectivity index (χ4v) is 2.95. The predicted octanol–water partition coefficient (Wildman–Crippen LogP) is 7.70. The minimum absolute atomic E-state index is 0.0371. The molecule has 1 nitrogen and oxygen atoms in total. The number of unbranched alkanes of at least 4 members (excludes halogenated alkanes) is 10. The minimum atomic E-state index is -4.31. The van der Waals surface area contributed by atoms with E-state index in [2.05, 4.69) is 6.92 Å². The molecule has 0 fully saturated rings. The van der Waals surface area contributed by atoms with Crippen LogP contribution in [0.25, 0.3) is 0 Å². The van der Waals surface area contributed by atoms with Gasteiger partial charge in [-0.15, -0.1) is 0 Å². The van der Waals surface area contributed by atoms with Gasteiger partial charge < -0.3 is 4.74 Å². The van der Waals surface area contributed by atoms with Crippen LogP contribution in [0.15, 0.2) is 30.3 Å². The zero-order chi connectivity index (χ0) is 18.4. The Bertz CT molecular complexity index is 417. The van der Waals surface area contributed by atoms with Gasteiger partial charge in [0.1, 0.15) is 5.75 Å². The molecule has 0 radical (unpaired) electrons. The average molecular weight is 358 g/mol. The van der Waals surface area contributed by atoms with Crippen molar-refractivity contribution < 1.29 is 17.9 Å². The van der Waals surface area contributed by atoms with Crippen LogP contribution in [-0.2, 0) is 0 Å². The van der Waals surface area contributed by atoms with Gasteiger partial charge >= 0.3 is 6.18 Å². The van der Waals surface area contributed by atoms with Crippen molar-refractivity contribution in [3.63, 3.8) is 0 Å². The average Bonchev–Trinajstić information content (AvgIpc) is 2.58. The van der Waals surface area contributed by atoms with Gasteiger partial charge in [-0.05, 0) is 25.0 Å². The zero-order valence-electron chi connectivity index (χ0n) is 15.5. The molecule has 0 N–H and O–H groups in total. The molecule has 0 aliphatic heterocycles. The van der Waals surface area contributed by atoms with Crippen molar-refractivity contribution in [2.24, 2.45) is 0 Å². The Morgan fingerprint density at radius 3 is 1.72 bits per heavy atom. The summed E-state index contributed by atoms with van der Waals surface area (Å²) < 4.78 is 44.4. The van der Waals surface area contributed by atoms with Crippen LogP contribution in [0.2, 0.25) is 0 Å². The van der Waals surface area contributed by atoms with Crippen molar-refractivity contribution in [3.8, 4) is 5.75 Å². The monoisotopic (exact) mass is 358 g/mol. The van der Waals surface area contributed by atoms with Crippen LogP contribution in [-0.4, -0.2) is 12.3 Å². The van der Waals surface area contributed by atoms with E-state index in [1.165, 1.54) is 44.9 Å². The lowest BCUT2D eigenvalue weighted by atomic mass is 10.0. The Kier molecular flexibility index (Phi) is 11.4. The Morgan fingerprint density at radius 1 is 0.760 bits per heavy atom. The molecule has 0 saturated heterocycles. The molecule has 4 heteroatoms. The molecule has 25 heavy (non-hydrogen) atoms. The zero-order valence-corrected chi connectivity index (χ0v) is 15.5. The lowest BCUT2D eigenvalue weighted by Crippen LogP contribution is -2.34. The highest BCUT2D eigenvalue weighted by Crippen LogP contribution is 2.28. The summed E-state index contributed by atoms with van der Waals surface area (Å²) >= 11 is 0. The first-order chi connectivity index (χ1) is 12.0. The largest absolute Gasteiger partial charge is 0.481 e. The molecule has 144 valence electrons. The second-order valence-corrected chi connectivity index (χ2v) is 6.79. The Labute approximate surface area is 151 Å². The molecule has 1 rings (SSSR count). The first-order valence-corrected chi connectivity index (χ1v) is 9.82. The molecule has 0 aliphatic rings. The molecule has 0 heterocycles. The SMILES string of the molecule is CCCCCCCCCCCCCC(Oc1ccccc1)C(F)(F)F. The first-order valence-electron chi connectivity index (χ1n) is 9.82. The van der Waals surface area contributed by atoms with E-state index in [-0.39, 0.29) is 12.2 Å². The number of halogens is 3. The third-order valence-corrected chi connectivity index (χ3v) is 4.46. The number of hydrogen-bond donors (Lipinski definition) is 0. The number of benzene rings is 1. The fraction of sp³-hybridized carbons (Fsp3) is 0.714. The molecular formula is C21H33F3O. The lowest BCUT2D eigenvalue weighted by molar-refractivity contribution is -0.197. The Morgan fingerprint density at radius 2 is 1.24 bits per heavy atom. The van der Waals surface area contributed by atoms with E-state index in [9.17, 15) is 13.2 Å². The highest BCUT2D eigenvalue weighted by atomic mass is 19.4. The second kappa shape index (κ2) is 13.1. The van der Waals surface area contributed by atoms with Crippen LogP contribution in [0.5, 0.6) is 5.75 Å². The molecule has 1 aromatic carbocycles. The predicted molar refractivity (Wildman–Crippen MR) is 98.0 cm³/mol. The molecule has 0 saturated carbocycles. The number of rotatable bonds is 14. The summed E-state index contributed by atoms with van der Waals surface area (Å²) in [5.41, 5.74) is 0. The van der Waals surface area contributed by atoms with E-state index >= 15 is 0 Å². The van der Waals surface area contributed by atoms with E-state index in [0.29, 0.717) is 6.42 Å². The minimum Gasteiger partial charge on any atom is -0.481 e. The van der Waals surface area contributed by atoms with Crippen molar-refractivity contribution >= 4 is 0 Å². The third kappa shape index (κ3) is 11.1. The van der Waals surface area contributed by atoms with Gasteiger partial charge in [-0.25, -0.2) is 0 Å². The summed E-state index contributed by atoms with van der Waals surface area (Å²) in [4.78, 5) is 0. The molecule has 1 unspecified atom stereocenters. The molecule has 0 spiro atoms. The van der Waals surface area contributed by atoms with E-state index in [4.69, 9.17) is 4.74 Å². The number of para-hydroxylation sites is 1. The highest BCUT2D eigenvalue weighted by molar-refractivity contribution is 5.21. The summed E-state index contributed by atoms with van der Waals surface area (Å²) in [6.45, 7) is 2.22. The summed E-state index contributed by atoms with van der Waals surface area (Å²) in [5, 5.41) is 0. The molecule has 1 aromatic rings. The van der Waals surface area contributed by atoms with Crippen LogP contribution < -0.4 is 4.74 Å². The third-order valence-electron chi connectivity index (χ3n) is 4.46. The number of alkyl halides is 3. The maximum absolute atomic E-state index is 13.1. The lowest BCUT2D eigenvalue weighted by Gasteiger charge is -2.21. The standard InChI is InChI=1S/C21H33F3O/c1-2-3-4-5-6-7-8-9-10-11-15-18-20(21(22,23)24)25-19-16-13-12-14-17-19/h12-14,16-17,20H,2-11,15,18H2,1H3. The smallest absolute Gasteiger partial charge is 0.425 e. The molecule has 0 aliphatic carbocycles. The molecular weight excluding hydrogens is 325 g/mol. The van der Waals surface area contributed by atoms with Gasteiger partial charge in [-0.1, -0.05) is 89.3 Å². The van der Waals surface area contributed by atoms with Crippen molar-refractivity contribution in [3.05, 3.63) is 30.3 Å². The maximum atomic E-state index is 13.1. The van der Waals surface area contributed by atoms with Gasteiger partial charge in [0, 0.05) is 0 Å². The molecule has 0 aromatic heterocycles. The van der Waals surface area contributed by atoms with Crippen LogP contribution in [0, 0.1) is 0 Å². The molecule has 0 amide bonds. The van der Waals surface area contributed by atoms with Gasteiger partial charge in [0.2, 0.25) is 0 Å². The van der Waals surface area contributed by atoms with Crippen molar-refractivity contribution in [1.29, 1.82) is 0 Å². The van der Waals surface area contributed by atoms with Crippen molar-refractivity contribution in [2.75, 3.05) is 0 Å². The van der Waals surface area contributed by atoms with Gasteiger partial charge in [0.15, 0.2) is 6.10 Å². The summed E-state index contributed by atoms with van der Waals surface area (Å²) in [5.74, 6) is 0.285. The van der Waals surface area contributed by atoms with Gasteiger partial charge in [0.25, 0.3) is 0 Å². The van der Waals surface area contributed by atoms with Crippen LogP contribution in [0.3, 0.4) is 0 Å². The topological polar surface area (TPSA) is 9.23 Å². The van der Waals surface area contributed by atoms with Gasteiger partial charge in [0.05, 0.1) is 0 Å². The van der Waals surface area contributed by atoms with Crippen molar-refractivity contribution in [1.82, 2.24) is 0 Å². The summed E-state index contributed by atoms with van der Waals surface area (Å²) in [6.07, 6.45) is 6.58. The molecule has 0 bridgehead atoms. The molecule has 1 atom stereocenters. The van der Waals surface area contributed by atoms with E-state index in [0.717, 1.165) is 19.3 Å². The number of hydrogen-bond acceptors (Lipinski definition) is 1. The second-order valence-electron chi connectivity index (χ2n) is 6.79. The summed E-state index contributed by atoms with van der Waals surface area (Å²) in [6, 6.07) is 8.27. The van der Waals surface area contributed by atoms with Crippen molar-refractivity contribution in [2.45, 2.75) is 96.3 Å². The van der Waals surface area contributed by atoms with Gasteiger partial charge in [-0.2, -0.15) is 13.2 Å². The maximum Gasteiger partial charge on any atom is 0.425 e. The van der Waals surface area contributed by atoms with E-state index in [1.807, 2.05) is 0 Å². The number of ether oxygens (including phenoxy) is 1. The van der Waals surface area contributed by atoms with E-state index in [1.54, 1.807) is 30.3 Å². The first kappa shape index (κ1) is 21.9.